The van der Waals surface area contributed by atoms with Crippen molar-refractivity contribution in [2.75, 3.05) is 11.1 Å². The number of anilines is 2. The van der Waals surface area contributed by atoms with Crippen molar-refractivity contribution in [1.29, 1.82) is 0 Å². The molecular weight excluding hydrogens is 372 g/mol. The van der Waals surface area contributed by atoms with Crippen LogP contribution in [-0.2, 0) is 0 Å². The predicted molar refractivity (Wildman–Crippen MR) is 85.4 cm³/mol. The zero-order valence-corrected chi connectivity index (χ0v) is 13.4. The highest BCUT2D eigenvalue weighted by atomic mass is 79.9. The van der Waals surface area contributed by atoms with Crippen molar-refractivity contribution in [3.8, 4) is 0 Å². The van der Waals surface area contributed by atoms with Gasteiger partial charge in [0.1, 0.15) is 0 Å². The van der Waals surface area contributed by atoms with Gasteiger partial charge in [-0.25, -0.2) is 0 Å². The number of nitrogen functional groups attached to an aromatic ring is 1. The molecule has 2 rings (SSSR count). The number of nitrogens with two attached hydrogens (primary N) is 1. The molecule has 19 heavy (non-hydrogen) atoms. The van der Waals surface area contributed by atoms with Crippen LogP contribution < -0.4 is 11.1 Å². The van der Waals surface area contributed by atoms with Gasteiger partial charge in [-0.2, -0.15) is 0 Å². The number of carbonyl (C=O) groups excluding carboxylic acids is 1. The van der Waals surface area contributed by atoms with Gasteiger partial charge >= 0.3 is 0 Å². The largest absolute Gasteiger partial charge is 0.397 e. The molecule has 1 amide bonds. The zero-order chi connectivity index (χ0) is 14.0. The molecule has 3 nitrogen and oxygen atoms in total. The van der Waals surface area contributed by atoms with Crippen LogP contribution in [0.4, 0.5) is 11.4 Å². The summed E-state index contributed by atoms with van der Waals surface area (Å²) in [7, 11) is 0. The Balaban J connectivity index is 2.30. The number of halogens is 2. The summed E-state index contributed by atoms with van der Waals surface area (Å²) in [4.78, 5) is 12.2. The summed E-state index contributed by atoms with van der Waals surface area (Å²) in [5.41, 5.74) is 8.61. The molecule has 98 valence electrons. The Bertz CT molecular complexity index is 641. The maximum absolute atomic E-state index is 12.2. The maximum atomic E-state index is 12.2. The Hall–Kier alpha value is -1.33. The molecule has 2 aromatic rings. The van der Waals surface area contributed by atoms with Gasteiger partial charge in [0.15, 0.2) is 0 Å². The molecule has 0 bridgehead atoms. The molecule has 5 heteroatoms. The quantitative estimate of drug-likeness (QED) is 0.757. The number of hydrogen-bond acceptors (Lipinski definition) is 2. The second-order valence-electron chi connectivity index (χ2n) is 4.17. The second kappa shape index (κ2) is 5.75. The van der Waals surface area contributed by atoms with Crippen molar-refractivity contribution >= 4 is 49.1 Å². The summed E-state index contributed by atoms with van der Waals surface area (Å²) in [5.74, 6) is -0.203. The fourth-order valence-corrected chi connectivity index (χ4v) is 2.43. The normalized spacial score (nSPS) is 10.3. The maximum Gasteiger partial charge on any atom is 0.256 e. The molecule has 0 heterocycles. The molecule has 0 aromatic heterocycles. The van der Waals surface area contributed by atoms with Crippen LogP contribution in [0.25, 0.3) is 0 Å². The summed E-state index contributed by atoms with van der Waals surface area (Å²) in [6.07, 6.45) is 0. The van der Waals surface area contributed by atoms with Crippen molar-refractivity contribution in [3.05, 3.63) is 56.5 Å². The fraction of sp³-hybridized carbons (Fsp3) is 0.0714. The van der Waals surface area contributed by atoms with Gasteiger partial charge in [-0.1, -0.05) is 22.0 Å². The third-order valence-electron chi connectivity index (χ3n) is 2.63. The van der Waals surface area contributed by atoms with E-state index in [1.165, 1.54) is 0 Å². The van der Waals surface area contributed by atoms with Crippen molar-refractivity contribution in [2.45, 2.75) is 6.92 Å². The lowest BCUT2D eigenvalue weighted by atomic mass is 10.1. The molecule has 0 spiro atoms. The van der Waals surface area contributed by atoms with Crippen LogP contribution in [0.15, 0.2) is 45.3 Å². The second-order valence-corrected chi connectivity index (χ2v) is 5.94. The first kappa shape index (κ1) is 14.1. The summed E-state index contributed by atoms with van der Waals surface area (Å²) < 4.78 is 1.58. The Morgan fingerprint density at radius 3 is 2.63 bits per heavy atom. The van der Waals surface area contributed by atoms with Gasteiger partial charge in [-0.3, -0.25) is 4.79 Å². The van der Waals surface area contributed by atoms with Gasteiger partial charge in [0.25, 0.3) is 5.91 Å². The minimum Gasteiger partial charge on any atom is -0.397 e. The Morgan fingerprint density at radius 2 is 1.89 bits per heavy atom. The Kier molecular flexibility index (Phi) is 4.27. The molecule has 0 radical (unpaired) electrons. The summed E-state index contributed by atoms with van der Waals surface area (Å²) >= 11 is 6.72. The highest BCUT2D eigenvalue weighted by Crippen LogP contribution is 2.25. The molecule has 0 saturated heterocycles. The monoisotopic (exact) mass is 382 g/mol. The highest BCUT2D eigenvalue weighted by Gasteiger charge is 2.12. The summed E-state index contributed by atoms with van der Waals surface area (Å²) in [6.45, 7) is 1.95. The van der Waals surface area contributed by atoms with E-state index in [0.29, 0.717) is 16.9 Å². The molecule has 0 aliphatic rings. The van der Waals surface area contributed by atoms with E-state index in [1.807, 2.05) is 31.2 Å². The molecule has 0 aliphatic carbocycles. The topological polar surface area (TPSA) is 55.1 Å². The van der Waals surface area contributed by atoms with Crippen molar-refractivity contribution < 1.29 is 4.79 Å². The van der Waals surface area contributed by atoms with Crippen LogP contribution in [0.3, 0.4) is 0 Å². The number of amides is 1. The van der Waals surface area contributed by atoms with E-state index in [1.54, 1.807) is 12.1 Å². The average Bonchev–Trinajstić information content (AvgIpc) is 2.36. The summed E-state index contributed by atoms with van der Waals surface area (Å²) in [5, 5.41) is 2.82. The predicted octanol–water partition coefficient (Wildman–Crippen LogP) is 4.35. The van der Waals surface area contributed by atoms with Gasteiger partial charge in [0.05, 0.1) is 16.9 Å². The number of carbonyl (C=O) groups is 1. The summed E-state index contributed by atoms with van der Waals surface area (Å²) in [6, 6.07) is 11.0. The number of benzene rings is 2. The van der Waals surface area contributed by atoms with Crippen LogP contribution >= 0.6 is 31.9 Å². The smallest absolute Gasteiger partial charge is 0.256 e. The standard InChI is InChI=1S/C14H12Br2N2O/c1-8-2-5-12(17)13(6-8)18-14(19)10-7-9(15)3-4-11(10)16/h2-7H,17H2,1H3,(H,18,19). The lowest BCUT2D eigenvalue weighted by Crippen LogP contribution is -2.14. The van der Waals surface area contributed by atoms with Crippen molar-refractivity contribution in [2.24, 2.45) is 0 Å². The molecule has 3 N–H and O–H groups in total. The number of aryl methyl sites for hydroxylation is 1. The fourth-order valence-electron chi connectivity index (χ4n) is 1.64. The molecule has 2 aromatic carbocycles. The van der Waals surface area contributed by atoms with E-state index >= 15 is 0 Å². The van der Waals surface area contributed by atoms with E-state index in [-0.39, 0.29) is 5.91 Å². The minimum absolute atomic E-state index is 0.203. The SMILES string of the molecule is Cc1ccc(N)c(NC(=O)c2cc(Br)ccc2Br)c1. The van der Waals surface area contributed by atoms with E-state index in [2.05, 4.69) is 37.2 Å². The minimum atomic E-state index is -0.203. The molecule has 0 saturated carbocycles. The number of hydrogen-bond donors (Lipinski definition) is 2. The van der Waals surface area contributed by atoms with E-state index < -0.39 is 0 Å². The van der Waals surface area contributed by atoms with Crippen LogP contribution in [0.2, 0.25) is 0 Å². The van der Waals surface area contributed by atoms with Crippen molar-refractivity contribution in [1.82, 2.24) is 0 Å². The van der Waals surface area contributed by atoms with Gasteiger partial charge in [0, 0.05) is 8.95 Å². The van der Waals surface area contributed by atoms with E-state index in [0.717, 1.165) is 14.5 Å². The van der Waals surface area contributed by atoms with Crippen LogP contribution in [-0.4, -0.2) is 5.91 Å². The van der Waals surface area contributed by atoms with Gasteiger partial charge in [0.2, 0.25) is 0 Å². The Labute approximate surface area is 128 Å². The molecule has 0 aliphatic heterocycles. The van der Waals surface area contributed by atoms with Crippen LogP contribution in [0, 0.1) is 6.92 Å². The first-order valence-corrected chi connectivity index (χ1v) is 7.18. The van der Waals surface area contributed by atoms with Crippen LogP contribution in [0.1, 0.15) is 15.9 Å². The van der Waals surface area contributed by atoms with E-state index in [9.17, 15) is 4.79 Å². The molecule has 0 unspecified atom stereocenters. The first-order chi connectivity index (χ1) is 8.97. The molecule has 0 fully saturated rings. The first-order valence-electron chi connectivity index (χ1n) is 5.60. The number of rotatable bonds is 2. The van der Waals surface area contributed by atoms with Gasteiger partial charge < -0.3 is 11.1 Å². The molecule has 0 atom stereocenters. The van der Waals surface area contributed by atoms with Gasteiger partial charge in [-0.15, -0.1) is 0 Å². The van der Waals surface area contributed by atoms with Crippen LogP contribution in [0.5, 0.6) is 0 Å². The zero-order valence-electron chi connectivity index (χ0n) is 10.2. The third-order valence-corrected chi connectivity index (χ3v) is 3.81. The Morgan fingerprint density at radius 1 is 1.16 bits per heavy atom. The number of nitrogens with one attached hydrogen (secondary N) is 1. The van der Waals surface area contributed by atoms with Gasteiger partial charge in [-0.05, 0) is 58.7 Å². The molecular formula is C14H12Br2N2O. The highest BCUT2D eigenvalue weighted by molar-refractivity contribution is 9.11. The van der Waals surface area contributed by atoms with Crippen molar-refractivity contribution in [3.63, 3.8) is 0 Å². The third kappa shape index (κ3) is 3.36. The lowest BCUT2D eigenvalue weighted by Gasteiger charge is -2.10. The van der Waals surface area contributed by atoms with E-state index in [4.69, 9.17) is 5.73 Å². The average molecular weight is 384 g/mol. The lowest BCUT2D eigenvalue weighted by molar-refractivity contribution is 0.102.